The maximum atomic E-state index is 15.6. The first-order valence-corrected chi connectivity index (χ1v) is 11.7. The molecule has 0 spiro atoms. The lowest BCUT2D eigenvalue weighted by Crippen LogP contribution is -2.42. The number of halogens is 3. The molecule has 1 aliphatic carbocycles. The standard InChI is InChI=1S/C23H28F3N3O4S/c1-4-32-21(31)15-18(30)13-9-14(24)17(28-8-7-11(10-28)23(2,3)27)19(33-22(25)26)16(13)29(20(15)34)12-5-6-12/h9,11-12,22,30H,4-8,10,27H2,1-3H3. The maximum absolute atomic E-state index is 15.6. The van der Waals surface area contributed by atoms with Gasteiger partial charge in [-0.25, -0.2) is 9.18 Å². The minimum atomic E-state index is -3.25. The molecule has 1 saturated carbocycles. The number of ether oxygens (including phenoxy) is 2. The molecule has 2 heterocycles. The van der Waals surface area contributed by atoms with Gasteiger partial charge in [-0.05, 0) is 52.0 Å². The van der Waals surface area contributed by atoms with Crippen molar-refractivity contribution in [2.45, 2.75) is 58.2 Å². The number of esters is 1. The second-order valence-electron chi connectivity index (χ2n) is 9.41. The molecular weight excluding hydrogens is 471 g/mol. The number of fused-ring (bicyclic) bond motifs is 1. The fraction of sp³-hybridized carbons (Fsp3) is 0.565. The van der Waals surface area contributed by atoms with E-state index in [9.17, 15) is 18.7 Å². The van der Waals surface area contributed by atoms with Gasteiger partial charge in [-0.1, -0.05) is 12.2 Å². The van der Waals surface area contributed by atoms with Crippen LogP contribution in [0.15, 0.2) is 6.07 Å². The largest absolute Gasteiger partial charge is 0.506 e. The lowest BCUT2D eigenvalue weighted by atomic mass is 9.88. The van der Waals surface area contributed by atoms with Gasteiger partial charge in [0.1, 0.15) is 21.6 Å². The minimum Gasteiger partial charge on any atom is -0.506 e. The van der Waals surface area contributed by atoms with Crippen molar-refractivity contribution in [3.8, 4) is 11.5 Å². The molecule has 0 bridgehead atoms. The van der Waals surface area contributed by atoms with Crippen LogP contribution in [-0.2, 0) is 4.74 Å². The highest BCUT2D eigenvalue weighted by Crippen LogP contribution is 2.49. The second-order valence-corrected chi connectivity index (χ2v) is 9.80. The third-order valence-electron chi connectivity index (χ3n) is 6.50. The van der Waals surface area contributed by atoms with Crippen LogP contribution in [0.25, 0.3) is 10.9 Å². The Morgan fingerprint density at radius 3 is 2.56 bits per heavy atom. The molecule has 0 amide bonds. The molecule has 7 nitrogen and oxygen atoms in total. The Morgan fingerprint density at radius 2 is 2.03 bits per heavy atom. The Kier molecular flexibility index (Phi) is 6.45. The van der Waals surface area contributed by atoms with Gasteiger partial charge in [0, 0.05) is 30.1 Å². The highest BCUT2D eigenvalue weighted by molar-refractivity contribution is 7.71. The van der Waals surface area contributed by atoms with E-state index in [1.165, 1.54) is 4.57 Å². The third-order valence-corrected chi connectivity index (χ3v) is 6.90. The van der Waals surface area contributed by atoms with Gasteiger partial charge in [0.15, 0.2) is 11.6 Å². The number of nitrogens with two attached hydrogens (primary N) is 1. The van der Waals surface area contributed by atoms with E-state index in [0.29, 0.717) is 32.4 Å². The number of anilines is 1. The molecule has 1 aromatic carbocycles. The van der Waals surface area contributed by atoms with Gasteiger partial charge in [-0.15, -0.1) is 0 Å². The van der Waals surface area contributed by atoms with Crippen LogP contribution >= 0.6 is 12.2 Å². The van der Waals surface area contributed by atoms with Crippen LogP contribution < -0.4 is 15.4 Å². The summed E-state index contributed by atoms with van der Waals surface area (Å²) in [5.41, 5.74) is 5.31. The summed E-state index contributed by atoms with van der Waals surface area (Å²) in [5.74, 6) is -2.75. The van der Waals surface area contributed by atoms with Crippen LogP contribution in [-0.4, -0.2) is 47.5 Å². The van der Waals surface area contributed by atoms with Crippen molar-refractivity contribution in [2.24, 2.45) is 11.7 Å². The van der Waals surface area contributed by atoms with Crippen molar-refractivity contribution >= 4 is 34.8 Å². The van der Waals surface area contributed by atoms with Crippen molar-refractivity contribution in [3.63, 3.8) is 0 Å². The van der Waals surface area contributed by atoms with E-state index in [2.05, 4.69) is 0 Å². The molecule has 186 valence electrons. The quantitative estimate of drug-likeness (QED) is 0.414. The molecule has 2 aromatic rings. The maximum Gasteiger partial charge on any atom is 0.387 e. The number of pyridine rings is 1. The number of aromatic nitrogens is 1. The van der Waals surface area contributed by atoms with Gasteiger partial charge in [0.2, 0.25) is 0 Å². The Bertz CT molecular complexity index is 1190. The van der Waals surface area contributed by atoms with E-state index in [1.807, 2.05) is 13.8 Å². The van der Waals surface area contributed by atoms with E-state index >= 15 is 4.39 Å². The average Bonchev–Trinajstić information content (AvgIpc) is 3.43. The van der Waals surface area contributed by atoms with Gasteiger partial charge in [0.05, 0.1) is 12.1 Å². The van der Waals surface area contributed by atoms with Crippen molar-refractivity contribution in [2.75, 3.05) is 24.6 Å². The Balaban J connectivity index is 2.02. The van der Waals surface area contributed by atoms with Crippen molar-refractivity contribution in [1.29, 1.82) is 0 Å². The van der Waals surface area contributed by atoms with Gasteiger partial charge in [0.25, 0.3) is 0 Å². The highest BCUT2D eigenvalue weighted by atomic mass is 32.1. The molecule has 1 unspecified atom stereocenters. The van der Waals surface area contributed by atoms with E-state index in [4.69, 9.17) is 27.4 Å². The molecule has 4 rings (SSSR count). The van der Waals surface area contributed by atoms with Crippen LogP contribution in [0.5, 0.6) is 11.5 Å². The zero-order valence-corrected chi connectivity index (χ0v) is 20.1. The van der Waals surface area contributed by atoms with E-state index in [1.54, 1.807) is 11.8 Å². The molecule has 2 aliphatic rings. The highest BCUT2D eigenvalue weighted by Gasteiger charge is 2.38. The zero-order chi connectivity index (χ0) is 24.9. The lowest BCUT2D eigenvalue weighted by Gasteiger charge is -2.29. The number of rotatable bonds is 7. The van der Waals surface area contributed by atoms with E-state index in [0.717, 1.165) is 6.07 Å². The van der Waals surface area contributed by atoms with Gasteiger partial charge < -0.3 is 29.8 Å². The predicted octanol–water partition coefficient (Wildman–Crippen LogP) is 4.89. The summed E-state index contributed by atoms with van der Waals surface area (Å²) in [6.07, 6.45) is 2.02. The molecule has 1 saturated heterocycles. The predicted molar refractivity (Wildman–Crippen MR) is 124 cm³/mol. The SMILES string of the molecule is CCOC(=O)c1c(O)c2cc(F)c(N3CCC(C(C)(C)N)C3)c(OC(F)F)c2n(C2CC2)c1=S. The van der Waals surface area contributed by atoms with E-state index < -0.39 is 35.4 Å². The summed E-state index contributed by atoms with van der Waals surface area (Å²) in [7, 11) is 0. The van der Waals surface area contributed by atoms with Gasteiger partial charge >= 0.3 is 12.6 Å². The second kappa shape index (κ2) is 8.92. The molecule has 1 aromatic heterocycles. The van der Waals surface area contributed by atoms with Crippen LogP contribution in [0.1, 0.15) is 56.4 Å². The fourth-order valence-electron chi connectivity index (χ4n) is 4.62. The Labute approximate surface area is 200 Å². The first-order chi connectivity index (χ1) is 16.0. The first kappa shape index (κ1) is 24.6. The molecule has 3 N–H and O–H groups in total. The number of carbonyl (C=O) groups excluding carboxylic acids is 1. The normalized spacial score (nSPS) is 18.7. The molecule has 1 atom stereocenters. The van der Waals surface area contributed by atoms with Crippen molar-refractivity contribution in [3.05, 3.63) is 22.1 Å². The van der Waals surface area contributed by atoms with Crippen molar-refractivity contribution in [1.82, 2.24) is 4.57 Å². The summed E-state index contributed by atoms with van der Waals surface area (Å²) >= 11 is 5.50. The molecule has 2 fully saturated rings. The minimum absolute atomic E-state index is 0.00617. The zero-order valence-electron chi connectivity index (χ0n) is 19.2. The number of carbonyl (C=O) groups is 1. The van der Waals surface area contributed by atoms with Crippen molar-refractivity contribution < 1.29 is 32.5 Å². The monoisotopic (exact) mass is 499 g/mol. The Hall–Kier alpha value is -2.53. The molecule has 34 heavy (non-hydrogen) atoms. The number of benzene rings is 1. The number of hydrogen-bond donors (Lipinski definition) is 2. The van der Waals surface area contributed by atoms with Crippen LogP contribution in [0, 0.1) is 16.4 Å². The first-order valence-electron chi connectivity index (χ1n) is 11.2. The van der Waals surface area contributed by atoms with Gasteiger partial charge in [-0.3, -0.25) is 0 Å². The Morgan fingerprint density at radius 1 is 1.35 bits per heavy atom. The molecular formula is C23H28F3N3O4S. The topological polar surface area (TPSA) is 90.0 Å². The number of nitrogens with zero attached hydrogens (tertiary/aromatic N) is 2. The van der Waals surface area contributed by atoms with Crippen LogP contribution in [0.2, 0.25) is 0 Å². The summed E-state index contributed by atoms with van der Waals surface area (Å²) in [4.78, 5) is 14.2. The summed E-state index contributed by atoms with van der Waals surface area (Å²) in [5, 5.41) is 10.8. The van der Waals surface area contributed by atoms with Crippen LogP contribution in [0.4, 0.5) is 18.9 Å². The van der Waals surface area contributed by atoms with Gasteiger partial charge in [-0.2, -0.15) is 8.78 Å². The molecule has 11 heteroatoms. The smallest absolute Gasteiger partial charge is 0.387 e. The third kappa shape index (κ3) is 4.31. The molecule has 1 aliphatic heterocycles. The summed E-state index contributed by atoms with van der Waals surface area (Å²) < 4.78 is 54.2. The van der Waals surface area contributed by atoms with E-state index in [-0.39, 0.29) is 45.4 Å². The lowest BCUT2D eigenvalue weighted by molar-refractivity contribution is -0.0488. The number of alkyl halides is 2. The average molecular weight is 500 g/mol. The fourth-order valence-corrected chi connectivity index (χ4v) is 5.04. The summed E-state index contributed by atoms with van der Waals surface area (Å²) in [6, 6.07) is 0.840. The number of hydrogen-bond acceptors (Lipinski definition) is 7. The number of aromatic hydroxyl groups is 1. The molecule has 0 radical (unpaired) electrons. The van der Waals surface area contributed by atoms with Crippen LogP contribution in [0.3, 0.4) is 0 Å². The summed E-state index contributed by atoms with van der Waals surface area (Å²) in [6.45, 7) is 2.87.